The van der Waals surface area contributed by atoms with Crippen LogP contribution in [0.5, 0.6) is 0 Å². The van der Waals surface area contributed by atoms with Crippen LogP contribution in [0, 0.1) is 0 Å². The van der Waals surface area contributed by atoms with Gasteiger partial charge in [0, 0.05) is 19.6 Å². The molecule has 0 saturated heterocycles. The molecule has 3 nitrogen and oxygen atoms in total. The second-order valence-electron chi connectivity index (χ2n) is 4.06. The summed E-state index contributed by atoms with van der Waals surface area (Å²) in [5.74, 6) is 1.02. The van der Waals surface area contributed by atoms with Gasteiger partial charge in [0.1, 0.15) is 5.82 Å². The van der Waals surface area contributed by atoms with Crippen LogP contribution in [-0.2, 0) is 6.54 Å². The quantitative estimate of drug-likeness (QED) is 0.812. The third-order valence-electron chi connectivity index (χ3n) is 2.74. The van der Waals surface area contributed by atoms with Crippen molar-refractivity contribution in [2.24, 2.45) is 0 Å². The van der Waals surface area contributed by atoms with E-state index in [1.54, 1.807) is 0 Å². The number of nitrogens with one attached hydrogen (secondary N) is 1. The van der Waals surface area contributed by atoms with Crippen LogP contribution in [0.15, 0.2) is 12.1 Å². The Kier molecular flexibility index (Phi) is 6.30. The summed E-state index contributed by atoms with van der Waals surface area (Å²) in [5, 5.41) is 3.82. The van der Waals surface area contributed by atoms with Crippen LogP contribution in [0.3, 0.4) is 0 Å². The van der Waals surface area contributed by atoms with Crippen LogP contribution in [-0.4, -0.2) is 25.1 Å². The van der Waals surface area contributed by atoms with Gasteiger partial charge < -0.3 is 10.2 Å². The van der Waals surface area contributed by atoms with E-state index in [0.717, 1.165) is 29.6 Å². The van der Waals surface area contributed by atoms with Crippen LogP contribution in [0.1, 0.15) is 32.4 Å². The molecule has 0 amide bonds. The molecule has 0 aliphatic rings. The zero-order valence-electron chi connectivity index (χ0n) is 11.0. The number of unbranched alkanes of at least 4 members (excludes halogenated alkanes) is 1. The second-order valence-corrected chi connectivity index (χ2v) is 4.47. The summed E-state index contributed by atoms with van der Waals surface area (Å²) < 4.78 is 0. The topological polar surface area (TPSA) is 28.2 Å². The SMILES string of the molecule is CCCCN(CC)c1ccc(Cl)c(CNC)n1. The molecule has 96 valence electrons. The monoisotopic (exact) mass is 255 g/mol. The molecule has 4 heteroatoms. The van der Waals surface area contributed by atoms with E-state index in [1.165, 1.54) is 12.8 Å². The van der Waals surface area contributed by atoms with E-state index in [1.807, 2.05) is 19.2 Å². The van der Waals surface area contributed by atoms with Gasteiger partial charge in [-0.2, -0.15) is 0 Å². The molecule has 1 N–H and O–H groups in total. The lowest BCUT2D eigenvalue weighted by molar-refractivity contribution is 0.717. The molecule has 0 radical (unpaired) electrons. The first-order valence-electron chi connectivity index (χ1n) is 6.27. The van der Waals surface area contributed by atoms with Crippen molar-refractivity contribution in [3.8, 4) is 0 Å². The first-order chi connectivity index (χ1) is 8.22. The van der Waals surface area contributed by atoms with Gasteiger partial charge in [-0.25, -0.2) is 4.98 Å². The summed E-state index contributed by atoms with van der Waals surface area (Å²) in [6.07, 6.45) is 2.40. The predicted octanol–water partition coefficient (Wildman–Crippen LogP) is 3.08. The fourth-order valence-electron chi connectivity index (χ4n) is 1.72. The zero-order valence-corrected chi connectivity index (χ0v) is 11.7. The molecule has 1 aromatic heterocycles. The Morgan fingerprint density at radius 2 is 2.12 bits per heavy atom. The van der Waals surface area contributed by atoms with Gasteiger partial charge >= 0.3 is 0 Å². The summed E-state index contributed by atoms with van der Waals surface area (Å²) in [6.45, 7) is 7.10. The van der Waals surface area contributed by atoms with Crippen molar-refractivity contribution < 1.29 is 0 Å². The molecular weight excluding hydrogens is 234 g/mol. The normalized spacial score (nSPS) is 10.6. The van der Waals surface area contributed by atoms with Gasteiger partial charge in [-0.15, -0.1) is 0 Å². The molecule has 1 rings (SSSR count). The minimum absolute atomic E-state index is 0.706. The fourth-order valence-corrected chi connectivity index (χ4v) is 1.90. The molecule has 1 heterocycles. The van der Waals surface area contributed by atoms with Gasteiger partial charge in [0.05, 0.1) is 10.7 Å². The van der Waals surface area contributed by atoms with Crippen LogP contribution < -0.4 is 10.2 Å². The predicted molar refractivity (Wildman–Crippen MR) is 74.8 cm³/mol. The molecular formula is C13H22ClN3. The van der Waals surface area contributed by atoms with Crippen molar-refractivity contribution in [2.45, 2.75) is 33.2 Å². The van der Waals surface area contributed by atoms with Crippen LogP contribution in [0.2, 0.25) is 5.02 Å². The average molecular weight is 256 g/mol. The van der Waals surface area contributed by atoms with Gasteiger partial charge in [0.2, 0.25) is 0 Å². The van der Waals surface area contributed by atoms with Crippen molar-refractivity contribution in [1.29, 1.82) is 0 Å². The Morgan fingerprint density at radius 3 is 2.71 bits per heavy atom. The molecule has 0 aliphatic heterocycles. The third-order valence-corrected chi connectivity index (χ3v) is 3.08. The Balaban J connectivity index is 2.84. The number of pyridine rings is 1. The van der Waals surface area contributed by atoms with Gasteiger partial charge in [0.15, 0.2) is 0 Å². The number of halogens is 1. The number of anilines is 1. The van der Waals surface area contributed by atoms with Gasteiger partial charge in [0.25, 0.3) is 0 Å². The maximum atomic E-state index is 6.11. The third kappa shape index (κ3) is 4.17. The van der Waals surface area contributed by atoms with E-state index in [4.69, 9.17) is 11.6 Å². The Morgan fingerprint density at radius 1 is 1.35 bits per heavy atom. The largest absolute Gasteiger partial charge is 0.357 e. The van der Waals surface area contributed by atoms with Crippen LogP contribution in [0.25, 0.3) is 0 Å². The summed E-state index contributed by atoms with van der Waals surface area (Å²) >= 11 is 6.11. The van der Waals surface area contributed by atoms with Gasteiger partial charge in [-0.3, -0.25) is 0 Å². The Hall–Kier alpha value is -0.800. The molecule has 0 saturated carbocycles. The summed E-state index contributed by atoms with van der Waals surface area (Å²) in [7, 11) is 1.90. The van der Waals surface area contributed by atoms with E-state index in [9.17, 15) is 0 Å². The Labute approximate surface area is 109 Å². The molecule has 0 unspecified atom stereocenters. The molecule has 1 aromatic rings. The minimum Gasteiger partial charge on any atom is -0.357 e. The van der Waals surface area contributed by atoms with Crippen molar-refractivity contribution in [2.75, 3.05) is 25.0 Å². The maximum absolute atomic E-state index is 6.11. The van der Waals surface area contributed by atoms with Crippen LogP contribution >= 0.6 is 11.6 Å². The highest BCUT2D eigenvalue weighted by molar-refractivity contribution is 6.31. The summed E-state index contributed by atoms with van der Waals surface area (Å²) in [5.41, 5.74) is 0.918. The lowest BCUT2D eigenvalue weighted by Gasteiger charge is -2.22. The first kappa shape index (κ1) is 14.3. The average Bonchev–Trinajstić information content (AvgIpc) is 2.34. The highest BCUT2D eigenvalue weighted by atomic mass is 35.5. The van der Waals surface area contributed by atoms with Gasteiger partial charge in [-0.05, 0) is 32.5 Å². The molecule has 0 bridgehead atoms. The highest BCUT2D eigenvalue weighted by Crippen LogP contribution is 2.19. The van der Waals surface area contributed by atoms with E-state index in [-0.39, 0.29) is 0 Å². The van der Waals surface area contributed by atoms with Crippen molar-refractivity contribution in [1.82, 2.24) is 10.3 Å². The summed E-state index contributed by atoms with van der Waals surface area (Å²) in [4.78, 5) is 6.91. The lowest BCUT2D eigenvalue weighted by atomic mass is 10.3. The highest BCUT2D eigenvalue weighted by Gasteiger charge is 2.08. The number of nitrogens with zero attached hydrogens (tertiary/aromatic N) is 2. The molecule has 0 aromatic carbocycles. The first-order valence-corrected chi connectivity index (χ1v) is 6.65. The van der Waals surface area contributed by atoms with Crippen LogP contribution in [0.4, 0.5) is 5.82 Å². The van der Waals surface area contributed by atoms with E-state index in [0.29, 0.717) is 6.54 Å². The zero-order chi connectivity index (χ0) is 12.7. The molecule has 0 aliphatic carbocycles. The Bertz CT molecular complexity index is 341. The van der Waals surface area contributed by atoms with Crippen molar-refractivity contribution >= 4 is 17.4 Å². The second kappa shape index (κ2) is 7.51. The smallest absolute Gasteiger partial charge is 0.128 e. The number of hydrogen-bond acceptors (Lipinski definition) is 3. The van der Waals surface area contributed by atoms with E-state index in [2.05, 4.69) is 29.0 Å². The van der Waals surface area contributed by atoms with Crippen molar-refractivity contribution in [3.05, 3.63) is 22.8 Å². The van der Waals surface area contributed by atoms with Crippen molar-refractivity contribution in [3.63, 3.8) is 0 Å². The van der Waals surface area contributed by atoms with E-state index >= 15 is 0 Å². The summed E-state index contributed by atoms with van der Waals surface area (Å²) in [6, 6.07) is 3.94. The molecule has 0 fully saturated rings. The lowest BCUT2D eigenvalue weighted by Crippen LogP contribution is -2.25. The number of hydrogen-bond donors (Lipinski definition) is 1. The minimum atomic E-state index is 0.706. The van der Waals surface area contributed by atoms with Gasteiger partial charge in [-0.1, -0.05) is 24.9 Å². The molecule has 0 spiro atoms. The number of rotatable bonds is 7. The number of aromatic nitrogens is 1. The molecule has 17 heavy (non-hydrogen) atoms. The molecule has 0 atom stereocenters. The standard InChI is InChI=1S/C13H22ClN3/c1-4-6-9-17(5-2)13-8-7-11(14)12(16-13)10-15-3/h7-8,15H,4-6,9-10H2,1-3H3. The maximum Gasteiger partial charge on any atom is 0.128 e. The fraction of sp³-hybridized carbons (Fsp3) is 0.615. The van der Waals surface area contributed by atoms with E-state index < -0.39 is 0 Å².